The number of halogens is 2. The molecular formula is C14H11F2N3O2. The second-order valence-corrected chi connectivity index (χ2v) is 5.23. The normalized spacial score (nSPS) is 21.2. The molecule has 1 aromatic carbocycles. The Bertz CT molecular complexity index is 725. The third-order valence-corrected chi connectivity index (χ3v) is 3.58. The first-order chi connectivity index (χ1) is 10.2. The molecule has 0 spiro atoms. The number of rotatable bonds is 3. The van der Waals surface area contributed by atoms with Gasteiger partial charge in [0.1, 0.15) is 11.6 Å². The molecule has 0 N–H and O–H groups in total. The highest BCUT2D eigenvalue weighted by Crippen LogP contribution is 2.39. The van der Waals surface area contributed by atoms with Crippen molar-refractivity contribution >= 4 is 5.71 Å². The summed E-state index contributed by atoms with van der Waals surface area (Å²) in [6, 6.07) is 3.23. The first kappa shape index (κ1) is 12.4. The van der Waals surface area contributed by atoms with Crippen LogP contribution in [0.3, 0.4) is 0 Å². The molecule has 0 radical (unpaired) electrons. The summed E-state index contributed by atoms with van der Waals surface area (Å²) in [4.78, 5) is 9.50. The fourth-order valence-corrected chi connectivity index (χ4v) is 2.27. The lowest BCUT2D eigenvalue weighted by atomic mass is 10.0. The van der Waals surface area contributed by atoms with E-state index >= 15 is 0 Å². The first-order valence-electron chi connectivity index (χ1n) is 6.72. The molecule has 1 aliphatic carbocycles. The fraction of sp³-hybridized carbons (Fsp3) is 0.357. The summed E-state index contributed by atoms with van der Waals surface area (Å²) in [7, 11) is 0. The largest absolute Gasteiger partial charge is 0.382 e. The van der Waals surface area contributed by atoms with Gasteiger partial charge in [0.25, 0.3) is 5.89 Å². The standard InChI is InChI=1S/C14H11F2N3O2/c15-8-3-4-10(16)9(5-8)11-6-12(20-18-11)14-17-13(19-21-14)7-1-2-7/h3-5,7,12H,1-2,6H2/t12-/m0/s1. The minimum Gasteiger partial charge on any atom is -0.382 e. The predicted molar refractivity (Wildman–Crippen MR) is 67.6 cm³/mol. The fourth-order valence-electron chi connectivity index (χ4n) is 2.27. The van der Waals surface area contributed by atoms with Crippen molar-refractivity contribution in [3.8, 4) is 0 Å². The summed E-state index contributed by atoms with van der Waals surface area (Å²) in [6.07, 6.45) is 1.87. The molecule has 0 amide bonds. The highest BCUT2D eigenvalue weighted by molar-refractivity contribution is 6.01. The van der Waals surface area contributed by atoms with Crippen LogP contribution in [0.5, 0.6) is 0 Å². The number of aromatic nitrogens is 2. The molecule has 1 aliphatic heterocycles. The molecule has 0 unspecified atom stereocenters. The summed E-state index contributed by atoms with van der Waals surface area (Å²) in [6.45, 7) is 0. The molecule has 1 aromatic heterocycles. The van der Waals surface area contributed by atoms with E-state index in [2.05, 4.69) is 15.3 Å². The Labute approximate surface area is 118 Å². The van der Waals surface area contributed by atoms with Crippen LogP contribution in [0.4, 0.5) is 8.78 Å². The summed E-state index contributed by atoms with van der Waals surface area (Å²) < 4.78 is 32.1. The first-order valence-corrected chi connectivity index (χ1v) is 6.72. The second kappa shape index (κ2) is 4.61. The van der Waals surface area contributed by atoms with Crippen molar-refractivity contribution in [2.45, 2.75) is 31.3 Å². The molecule has 108 valence electrons. The van der Waals surface area contributed by atoms with Crippen LogP contribution in [0.2, 0.25) is 0 Å². The molecule has 0 saturated heterocycles. The molecule has 5 nitrogen and oxygen atoms in total. The molecule has 0 bridgehead atoms. The summed E-state index contributed by atoms with van der Waals surface area (Å²) in [5, 5.41) is 7.72. The Morgan fingerprint density at radius 2 is 2.05 bits per heavy atom. The lowest BCUT2D eigenvalue weighted by molar-refractivity contribution is 0.0599. The van der Waals surface area contributed by atoms with Crippen molar-refractivity contribution in [1.29, 1.82) is 0 Å². The Kier molecular flexibility index (Phi) is 2.73. The van der Waals surface area contributed by atoms with Crippen LogP contribution in [-0.2, 0) is 4.84 Å². The van der Waals surface area contributed by atoms with Gasteiger partial charge < -0.3 is 9.36 Å². The van der Waals surface area contributed by atoms with E-state index in [1.54, 1.807) is 0 Å². The van der Waals surface area contributed by atoms with Crippen molar-refractivity contribution < 1.29 is 18.1 Å². The Morgan fingerprint density at radius 1 is 1.19 bits per heavy atom. The van der Waals surface area contributed by atoms with Crippen molar-refractivity contribution in [1.82, 2.24) is 10.1 Å². The van der Waals surface area contributed by atoms with Crippen LogP contribution < -0.4 is 0 Å². The van der Waals surface area contributed by atoms with Crippen LogP contribution >= 0.6 is 0 Å². The van der Waals surface area contributed by atoms with Crippen LogP contribution in [0.1, 0.15) is 48.6 Å². The maximum absolute atomic E-state index is 13.7. The zero-order chi connectivity index (χ0) is 14.4. The summed E-state index contributed by atoms with van der Waals surface area (Å²) in [5.41, 5.74) is 0.433. The number of nitrogens with zero attached hydrogens (tertiary/aromatic N) is 3. The van der Waals surface area contributed by atoms with Crippen molar-refractivity contribution in [2.75, 3.05) is 0 Å². The number of hydrogen-bond donors (Lipinski definition) is 0. The lowest BCUT2D eigenvalue weighted by Gasteiger charge is -2.02. The molecule has 7 heteroatoms. The topological polar surface area (TPSA) is 60.5 Å². The zero-order valence-electron chi connectivity index (χ0n) is 10.9. The van der Waals surface area contributed by atoms with Gasteiger partial charge in [0.15, 0.2) is 5.82 Å². The highest BCUT2D eigenvalue weighted by Gasteiger charge is 2.34. The van der Waals surface area contributed by atoms with Gasteiger partial charge in [-0.15, -0.1) is 0 Å². The van der Waals surface area contributed by atoms with E-state index in [1.807, 2.05) is 0 Å². The van der Waals surface area contributed by atoms with Gasteiger partial charge in [0.2, 0.25) is 6.10 Å². The van der Waals surface area contributed by atoms with Gasteiger partial charge in [0, 0.05) is 17.9 Å². The maximum atomic E-state index is 13.7. The quantitative estimate of drug-likeness (QED) is 0.871. The molecular weight excluding hydrogens is 280 g/mol. The van der Waals surface area contributed by atoms with E-state index in [9.17, 15) is 8.78 Å². The van der Waals surface area contributed by atoms with E-state index in [1.165, 1.54) is 0 Å². The minimum absolute atomic E-state index is 0.0967. The minimum atomic E-state index is -0.539. The zero-order valence-corrected chi connectivity index (χ0v) is 10.9. The number of hydrogen-bond acceptors (Lipinski definition) is 5. The van der Waals surface area contributed by atoms with Crippen LogP contribution in [0.25, 0.3) is 0 Å². The molecule has 1 atom stereocenters. The number of oxime groups is 1. The van der Waals surface area contributed by atoms with E-state index in [-0.39, 0.29) is 12.0 Å². The van der Waals surface area contributed by atoms with Crippen molar-refractivity contribution in [3.63, 3.8) is 0 Å². The highest BCUT2D eigenvalue weighted by atomic mass is 19.1. The van der Waals surface area contributed by atoms with Gasteiger partial charge >= 0.3 is 0 Å². The smallest absolute Gasteiger partial charge is 0.270 e. The maximum Gasteiger partial charge on any atom is 0.270 e. The van der Waals surface area contributed by atoms with E-state index in [0.717, 1.165) is 31.0 Å². The van der Waals surface area contributed by atoms with Crippen molar-refractivity contribution in [3.05, 3.63) is 47.1 Å². The van der Waals surface area contributed by atoms with Gasteiger partial charge in [-0.2, -0.15) is 4.98 Å². The molecule has 1 fully saturated rings. The average Bonchev–Trinajstić information content (AvgIpc) is 3.03. The van der Waals surface area contributed by atoms with Crippen LogP contribution in [-0.4, -0.2) is 15.9 Å². The van der Waals surface area contributed by atoms with Crippen molar-refractivity contribution in [2.24, 2.45) is 5.16 Å². The monoisotopic (exact) mass is 291 g/mol. The Morgan fingerprint density at radius 3 is 2.86 bits per heavy atom. The van der Waals surface area contributed by atoms with E-state index < -0.39 is 17.7 Å². The molecule has 2 aliphatic rings. The molecule has 4 rings (SSSR count). The van der Waals surface area contributed by atoms with Gasteiger partial charge in [0.05, 0.1) is 5.71 Å². The second-order valence-electron chi connectivity index (χ2n) is 5.23. The average molecular weight is 291 g/mol. The SMILES string of the molecule is Fc1ccc(F)c(C2=NO[C@H](c3nc(C4CC4)no3)C2)c1. The van der Waals surface area contributed by atoms with Crippen LogP contribution in [0, 0.1) is 11.6 Å². The van der Waals surface area contributed by atoms with Gasteiger partial charge in [-0.25, -0.2) is 8.78 Å². The van der Waals surface area contributed by atoms with Crippen LogP contribution in [0.15, 0.2) is 27.9 Å². The van der Waals surface area contributed by atoms with E-state index in [0.29, 0.717) is 23.3 Å². The molecule has 1 saturated carbocycles. The third kappa shape index (κ3) is 2.28. The molecule has 2 aromatic rings. The Balaban J connectivity index is 1.54. The van der Waals surface area contributed by atoms with Gasteiger partial charge in [-0.1, -0.05) is 10.3 Å². The predicted octanol–water partition coefficient (Wildman–Crippen LogP) is 3.09. The third-order valence-electron chi connectivity index (χ3n) is 3.58. The van der Waals surface area contributed by atoms with Gasteiger partial charge in [-0.05, 0) is 31.0 Å². The lowest BCUT2D eigenvalue weighted by Crippen LogP contribution is -2.04. The number of benzene rings is 1. The molecule has 21 heavy (non-hydrogen) atoms. The summed E-state index contributed by atoms with van der Waals surface area (Å²) >= 11 is 0. The van der Waals surface area contributed by atoms with Gasteiger partial charge in [-0.3, -0.25) is 0 Å². The summed E-state index contributed by atoms with van der Waals surface area (Å²) in [5.74, 6) is 0.325. The van der Waals surface area contributed by atoms with E-state index in [4.69, 9.17) is 9.36 Å². The molecule has 2 heterocycles. The Hall–Kier alpha value is -2.31.